The lowest BCUT2D eigenvalue weighted by Crippen LogP contribution is -2.27. The number of hydrogen-bond acceptors (Lipinski definition) is 4. The topological polar surface area (TPSA) is 66.5 Å². The van der Waals surface area contributed by atoms with Gasteiger partial charge in [0.15, 0.2) is 0 Å². The standard InChI is InChI=1S/C19H24N2O3S2/c22-19(11-2-1-8-17-9-6-14-25-17)20-16-7-5-10-18(15-16)26(23,24)21-12-3-4-13-21/h5-7,9-10,14-15H,1-4,8,11-13H2,(H,20,22). The highest BCUT2D eigenvalue weighted by Gasteiger charge is 2.27. The number of nitrogens with zero attached hydrogens (tertiary/aromatic N) is 1. The van der Waals surface area contributed by atoms with Gasteiger partial charge in [-0.3, -0.25) is 4.79 Å². The molecule has 1 aromatic heterocycles. The van der Waals surface area contributed by atoms with Crippen molar-refractivity contribution in [1.82, 2.24) is 4.31 Å². The first-order valence-corrected chi connectivity index (χ1v) is 11.3. The Labute approximate surface area is 159 Å². The van der Waals surface area contributed by atoms with Gasteiger partial charge in [-0.2, -0.15) is 4.31 Å². The van der Waals surface area contributed by atoms with Gasteiger partial charge in [0.2, 0.25) is 15.9 Å². The minimum atomic E-state index is -3.46. The van der Waals surface area contributed by atoms with Crippen LogP contribution in [0.2, 0.25) is 0 Å². The number of aryl methyl sites for hydroxylation is 1. The first kappa shape index (κ1) is 19.1. The van der Waals surface area contributed by atoms with E-state index in [2.05, 4.69) is 16.8 Å². The molecular formula is C19H24N2O3S2. The van der Waals surface area contributed by atoms with Gasteiger partial charge in [-0.25, -0.2) is 8.42 Å². The molecule has 0 bridgehead atoms. The Hall–Kier alpha value is -1.70. The number of anilines is 1. The van der Waals surface area contributed by atoms with Crippen LogP contribution in [0.5, 0.6) is 0 Å². The Morgan fingerprint density at radius 2 is 1.92 bits per heavy atom. The summed E-state index contributed by atoms with van der Waals surface area (Å²) >= 11 is 1.74. The fourth-order valence-corrected chi connectivity index (χ4v) is 5.39. The van der Waals surface area contributed by atoms with Gasteiger partial charge in [0.25, 0.3) is 0 Å². The van der Waals surface area contributed by atoms with E-state index < -0.39 is 10.0 Å². The van der Waals surface area contributed by atoms with E-state index in [1.165, 1.54) is 9.18 Å². The van der Waals surface area contributed by atoms with E-state index in [1.807, 2.05) is 6.07 Å². The molecule has 1 aliphatic rings. The van der Waals surface area contributed by atoms with Crippen LogP contribution in [0, 0.1) is 0 Å². The van der Waals surface area contributed by atoms with Crippen molar-refractivity contribution in [1.29, 1.82) is 0 Å². The molecular weight excluding hydrogens is 368 g/mol. The number of unbranched alkanes of at least 4 members (excludes halogenated alkanes) is 1. The van der Waals surface area contributed by atoms with Crippen LogP contribution >= 0.6 is 11.3 Å². The lowest BCUT2D eigenvalue weighted by Gasteiger charge is -2.16. The molecule has 0 radical (unpaired) electrons. The summed E-state index contributed by atoms with van der Waals surface area (Å²) in [6, 6.07) is 10.7. The molecule has 1 saturated heterocycles. The maximum Gasteiger partial charge on any atom is 0.243 e. The average molecular weight is 393 g/mol. The van der Waals surface area contributed by atoms with E-state index >= 15 is 0 Å². The normalized spacial score (nSPS) is 15.2. The first-order valence-electron chi connectivity index (χ1n) is 8.98. The Morgan fingerprint density at radius 1 is 1.12 bits per heavy atom. The Morgan fingerprint density at radius 3 is 2.65 bits per heavy atom. The van der Waals surface area contributed by atoms with Crippen molar-refractivity contribution in [2.45, 2.75) is 43.4 Å². The molecule has 0 aliphatic carbocycles. The van der Waals surface area contributed by atoms with E-state index in [0.717, 1.165) is 32.1 Å². The predicted molar refractivity (Wildman–Crippen MR) is 105 cm³/mol. The van der Waals surface area contributed by atoms with Gasteiger partial charge in [0.05, 0.1) is 4.90 Å². The van der Waals surface area contributed by atoms with Gasteiger partial charge in [0, 0.05) is 30.1 Å². The third-order valence-electron chi connectivity index (χ3n) is 4.48. The lowest BCUT2D eigenvalue weighted by molar-refractivity contribution is -0.116. The minimum absolute atomic E-state index is 0.0769. The molecule has 0 saturated carbocycles. The quantitative estimate of drug-likeness (QED) is 0.693. The smallest absolute Gasteiger partial charge is 0.243 e. The van der Waals surface area contributed by atoms with E-state index in [9.17, 15) is 13.2 Å². The first-order chi connectivity index (χ1) is 12.6. The molecule has 5 nitrogen and oxygen atoms in total. The SMILES string of the molecule is O=C(CCCCc1cccs1)Nc1cccc(S(=O)(=O)N2CCCC2)c1. The fraction of sp³-hybridized carbons (Fsp3) is 0.421. The van der Waals surface area contributed by atoms with E-state index in [1.54, 1.807) is 35.6 Å². The lowest BCUT2D eigenvalue weighted by atomic mass is 10.1. The summed E-state index contributed by atoms with van der Waals surface area (Å²) in [4.78, 5) is 13.7. The van der Waals surface area contributed by atoms with Crippen LogP contribution in [0.25, 0.3) is 0 Å². The molecule has 140 valence electrons. The third-order valence-corrected chi connectivity index (χ3v) is 7.31. The summed E-state index contributed by atoms with van der Waals surface area (Å²) in [6.45, 7) is 1.15. The summed E-state index contributed by atoms with van der Waals surface area (Å²) in [5.74, 6) is -0.0769. The van der Waals surface area contributed by atoms with Crippen LogP contribution < -0.4 is 5.32 Å². The highest BCUT2D eigenvalue weighted by molar-refractivity contribution is 7.89. The molecule has 0 spiro atoms. The van der Waals surface area contributed by atoms with Crippen molar-refractivity contribution in [2.75, 3.05) is 18.4 Å². The summed E-state index contributed by atoms with van der Waals surface area (Å²) in [5, 5.41) is 4.88. The monoisotopic (exact) mass is 392 g/mol. The zero-order chi connectivity index (χ0) is 18.4. The van der Waals surface area contributed by atoms with Gasteiger partial charge in [-0.1, -0.05) is 12.1 Å². The van der Waals surface area contributed by atoms with Gasteiger partial charge < -0.3 is 5.32 Å². The third kappa shape index (κ3) is 4.93. The van der Waals surface area contributed by atoms with Crippen molar-refractivity contribution in [3.8, 4) is 0 Å². The molecule has 0 atom stereocenters. The number of carbonyl (C=O) groups excluding carboxylic acids is 1. The zero-order valence-electron chi connectivity index (χ0n) is 14.7. The number of benzene rings is 1. The Balaban J connectivity index is 1.52. The van der Waals surface area contributed by atoms with Gasteiger partial charge in [0.1, 0.15) is 0 Å². The number of thiophene rings is 1. The van der Waals surface area contributed by atoms with Crippen molar-refractivity contribution in [3.63, 3.8) is 0 Å². The molecule has 1 aromatic carbocycles. The molecule has 0 unspecified atom stereocenters. The molecule has 3 rings (SSSR count). The summed E-state index contributed by atoms with van der Waals surface area (Å²) in [6.07, 6.45) is 5.03. The van der Waals surface area contributed by atoms with Crippen LogP contribution in [0.3, 0.4) is 0 Å². The van der Waals surface area contributed by atoms with Crippen molar-refractivity contribution >= 4 is 33.0 Å². The largest absolute Gasteiger partial charge is 0.326 e. The molecule has 7 heteroatoms. The van der Waals surface area contributed by atoms with Crippen LogP contribution in [-0.4, -0.2) is 31.7 Å². The summed E-state index contributed by atoms with van der Waals surface area (Å²) in [5.41, 5.74) is 0.536. The number of hydrogen-bond donors (Lipinski definition) is 1. The highest BCUT2D eigenvalue weighted by atomic mass is 32.2. The Bertz CT molecular complexity index is 826. The molecule has 1 N–H and O–H groups in total. The van der Waals surface area contributed by atoms with Crippen LogP contribution in [-0.2, 0) is 21.2 Å². The van der Waals surface area contributed by atoms with Gasteiger partial charge in [-0.05, 0) is 61.7 Å². The molecule has 1 amide bonds. The van der Waals surface area contributed by atoms with E-state index in [0.29, 0.717) is 25.2 Å². The minimum Gasteiger partial charge on any atom is -0.326 e. The van der Waals surface area contributed by atoms with Crippen molar-refractivity contribution in [3.05, 3.63) is 46.7 Å². The Kier molecular flexibility index (Phi) is 6.45. The maximum atomic E-state index is 12.6. The van der Waals surface area contributed by atoms with Crippen LogP contribution in [0.1, 0.15) is 37.0 Å². The van der Waals surface area contributed by atoms with Crippen molar-refractivity contribution in [2.24, 2.45) is 0 Å². The molecule has 1 fully saturated rings. The number of amides is 1. The number of carbonyl (C=O) groups is 1. The second kappa shape index (κ2) is 8.79. The predicted octanol–water partition coefficient (Wildman–Crippen LogP) is 3.88. The van der Waals surface area contributed by atoms with E-state index in [-0.39, 0.29) is 10.8 Å². The number of nitrogens with one attached hydrogen (secondary N) is 1. The van der Waals surface area contributed by atoms with E-state index in [4.69, 9.17) is 0 Å². The van der Waals surface area contributed by atoms with Gasteiger partial charge >= 0.3 is 0 Å². The number of sulfonamides is 1. The van der Waals surface area contributed by atoms with Crippen molar-refractivity contribution < 1.29 is 13.2 Å². The number of rotatable bonds is 8. The van der Waals surface area contributed by atoms with Crippen LogP contribution in [0.15, 0.2) is 46.7 Å². The fourth-order valence-electron chi connectivity index (χ4n) is 3.07. The summed E-state index contributed by atoms with van der Waals surface area (Å²) in [7, 11) is -3.46. The zero-order valence-corrected chi connectivity index (χ0v) is 16.3. The highest BCUT2D eigenvalue weighted by Crippen LogP contribution is 2.23. The second-order valence-electron chi connectivity index (χ2n) is 6.47. The summed E-state index contributed by atoms with van der Waals surface area (Å²) < 4.78 is 26.7. The second-order valence-corrected chi connectivity index (χ2v) is 9.44. The van der Waals surface area contributed by atoms with Gasteiger partial charge in [-0.15, -0.1) is 11.3 Å². The molecule has 1 aliphatic heterocycles. The molecule has 2 aromatic rings. The average Bonchev–Trinajstić information content (AvgIpc) is 3.33. The maximum absolute atomic E-state index is 12.6. The molecule has 26 heavy (non-hydrogen) atoms. The van der Waals surface area contributed by atoms with Crippen LogP contribution in [0.4, 0.5) is 5.69 Å². The molecule has 2 heterocycles.